The highest BCUT2D eigenvalue weighted by Gasteiger charge is 2.47. The summed E-state index contributed by atoms with van der Waals surface area (Å²) in [5, 5.41) is 4.35. The lowest BCUT2D eigenvalue weighted by molar-refractivity contribution is -0.125. The standard InChI is InChI=1S/C27H24ClN5O4/c1-15-5-8-29-21(11-15)37-16-3-4-17(19(28)12-16)24(34)18-13-30-25-22(18)23-20(14-31-25)33(2)26(35)27(32-23)6-9-36-10-7-27/h3-5,8,11-14,32H,6-7,9-10H2,1-2H3,(H,30,31). The zero-order valence-corrected chi connectivity index (χ0v) is 21.1. The first-order valence-electron chi connectivity index (χ1n) is 12.0. The smallest absolute Gasteiger partial charge is 0.252 e. The Kier molecular flexibility index (Phi) is 5.62. The number of amides is 1. The van der Waals surface area contributed by atoms with Gasteiger partial charge in [-0.05, 0) is 30.7 Å². The van der Waals surface area contributed by atoms with Crippen molar-refractivity contribution in [1.29, 1.82) is 0 Å². The minimum absolute atomic E-state index is 0.0328. The molecule has 6 rings (SSSR count). The zero-order chi connectivity index (χ0) is 25.7. The van der Waals surface area contributed by atoms with Gasteiger partial charge in [0.15, 0.2) is 5.78 Å². The van der Waals surface area contributed by atoms with E-state index >= 15 is 0 Å². The molecule has 1 saturated heterocycles. The van der Waals surface area contributed by atoms with Gasteiger partial charge in [0.2, 0.25) is 5.88 Å². The molecule has 0 saturated carbocycles. The molecule has 0 unspecified atom stereocenters. The largest absolute Gasteiger partial charge is 0.439 e. The normalized spacial score (nSPS) is 16.5. The molecule has 2 aliphatic heterocycles. The van der Waals surface area contributed by atoms with Crippen molar-refractivity contribution in [3.63, 3.8) is 0 Å². The molecule has 0 radical (unpaired) electrons. The Morgan fingerprint density at radius 1 is 1.16 bits per heavy atom. The van der Waals surface area contributed by atoms with Gasteiger partial charge in [0.25, 0.3) is 5.91 Å². The Balaban J connectivity index is 1.38. The number of rotatable bonds is 4. The van der Waals surface area contributed by atoms with E-state index in [2.05, 4.69) is 20.3 Å². The number of carbonyl (C=O) groups is 2. The van der Waals surface area contributed by atoms with Crippen molar-refractivity contribution in [2.75, 3.05) is 30.5 Å². The van der Waals surface area contributed by atoms with Gasteiger partial charge in [-0.2, -0.15) is 0 Å². The highest BCUT2D eigenvalue weighted by atomic mass is 35.5. The van der Waals surface area contributed by atoms with E-state index in [0.717, 1.165) is 5.56 Å². The van der Waals surface area contributed by atoms with Gasteiger partial charge < -0.3 is 24.7 Å². The second-order valence-electron chi connectivity index (χ2n) is 9.37. The molecule has 4 aromatic rings. The van der Waals surface area contributed by atoms with E-state index in [4.69, 9.17) is 21.1 Å². The molecular formula is C27H24ClN5O4. The number of aromatic amines is 1. The lowest BCUT2D eigenvalue weighted by Gasteiger charge is -2.44. The van der Waals surface area contributed by atoms with Crippen LogP contribution in [-0.4, -0.2) is 52.4 Å². The molecule has 37 heavy (non-hydrogen) atoms. The molecule has 1 fully saturated rings. The van der Waals surface area contributed by atoms with E-state index in [1.807, 2.05) is 19.1 Å². The fourth-order valence-electron chi connectivity index (χ4n) is 5.00. The van der Waals surface area contributed by atoms with Gasteiger partial charge in [0.05, 0.1) is 33.5 Å². The number of benzene rings is 1. The minimum atomic E-state index is -0.785. The van der Waals surface area contributed by atoms with E-state index < -0.39 is 5.54 Å². The van der Waals surface area contributed by atoms with Crippen LogP contribution in [0.4, 0.5) is 11.4 Å². The summed E-state index contributed by atoms with van der Waals surface area (Å²) in [5.41, 5.74) is 2.82. The van der Waals surface area contributed by atoms with Gasteiger partial charge >= 0.3 is 0 Å². The number of hydrogen-bond donors (Lipinski definition) is 2. The third-order valence-corrected chi connectivity index (χ3v) is 7.32. The van der Waals surface area contributed by atoms with Gasteiger partial charge in [0.1, 0.15) is 16.9 Å². The Hall–Kier alpha value is -3.95. The van der Waals surface area contributed by atoms with Crippen LogP contribution >= 0.6 is 11.6 Å². The van der Waals surface area contributed by atoms with Crippen molar-refractivity contribution in [3.05, 3.63) is 70.6 Å². The van der Waals surface area contributed by atoms with Gasteiger partial charge in [0, 0.05) is 63.2 Å². The van der Waals surface area contributed by atoms with Gasteiger partial charge in [-0.25, -0.2) is 9.97 Å². The van der Waals surface area contributed by atoms with Crippen molar-refractivity contribution >= 4 is 45.7 Å². The van der Waals surface area contributed by atoms with Crippen LogP contribution in [0, 0.1) is 6.92 Å². The maximum Gasteiger partial charge on any atom is 0.252 e. The third kappa shape index (κ3) is 3.91. The van der Waals surface area contributed by atoms with E-state index in [1.165, 1.54) is 0 Å². The summed E-state index contributed by atoms with van der Waals surface area (Å²) >= 11 is 6.56. The molecule has 0 bridgehead atoms. The average Bonchev–Trinajstić information content (AvgIpc) is 3.33. The molecular weight excluding hydrogens is 494 g/mol. The van der Waals surface area contributed by atoms with Crippen molar-refractivity contribution in [1.82, 2.24) is 15.0 Å². The maximum absolute atomic E-state index is 13.7. The summed E-state index contributed by atoms with van der Waals surface area (Å²) in [4.78, 5) is 40.4. The van der Waals surface area contributed by atoms with E-state index in [1.54, 1.807) is 48.7 Å². The number of anilines is 2. The summed E-state index contributed by atoms with van der Waals surface area (Å²) in [6, 6.07) is 8.62. The molecule has 1 amide bonds. The fraction of sp³-hybridized carbons (Fsp3) is 0.259. The van der Waals surface area contributed by atoms with E-state index in [-0.39, 0.29) is 16.7 Å². The molecule has 1 aromatic carbocycles. The van der Waals surface area contributed by atoms with Gasteiger partial charge in [-0.3, -0.25) is 9.59 Å². The predicted molar refractivity (Wildman–Crippen MR) is 140 cm³/mol. The second kappa shape index (κ2) is 8.86. The zero-order valence-electron chi connectivity index (χ0n) is 20.3. The van der Waals surface area contributed by atoms with Crippen LogP contribution in [0.1, 0.15) is 34.3 Å². The molecule has 5 heterocycles. The Morgan fingerprint density at radius 2 is 1.97 bits per heavy atom. The van der Waals surface area contributed by atoms with Crippen LogP contribution in [0.3, 0.4) is 0 Å². The number of nitrogens with zero attached hydrogens (tertiary/aromatic N) is 3. The Labute approximate surface area is 217 Å². The van der Waals surface area contributed by atoms with Crippen LogP contribution in [0.2, 0.25) is 5.02 Å². The SMILES string of the molecule is Cc1ccnc(Oc2ccc(C(=O)c3c[nH]c4ncc5c(c34)NC3(CCOCC3)C(=O)N5C)c(Cl)c2)c1. The summed E-state index contributed by atoms with van der Waals surface area (Å²) in [6.45, 7) is 2.92. The molecule has 0 aliphatic carbocycles. The lowest BCUT2D eigenvalue weighted by atomic mass is 9.85. The number of ether oxygens (including phenoxy) is 2. The van der Waals surface area contributed by atoms with Crippen molar-refractivity contribution in [3.8, 4) is 11.6 Å². The number of aromatic nitrogens is 3. The summed E-state index contributed by atoms with van der Waals surface area (Å²) in [7, 11) is 1.74. The van der Waals surface area contributed by atoms with Crippen LogP contribution in [0.25, 0.3) is 11.0 Å². The van der Waals surface area contributed by atoms with Crippen LogP contribution < -0.4 is 15.0 Å². The Bertz CT molecular complexity index is 1560. The number of fused-ring (bicyclic) bond motifs is 3. The first kappa shape index (κ1) is 23.4. The number of likely N-dealkylation sites (N-methyl/N-ethyl adjacent to an activating group) is 1. The maximum atomic E-state index is 13.7. The predicted octanol–water partition coefficient (Wildman–Crippen LogP) is 4.88. The average molecular weight is 518 g/mol. The first-order valence-corrected chi connectivity index (χ1v) is 12.3. The van der Waals surface area contributed by atoms with Crippen molar-refractivity contribution < 1.29 is 19.1 Å². The number of nitrogens with one attached hydrogen (secondary N) is 2. The molecule has 2 aliphatic rings. The molecule has 2 N–H and O–H groups in total. The van der Waals surface area contributed by atoms with Crippen LogP contribution in [0.5, 0.6) is 11.6 Å². The van der Waals surface area contributed by atoms with Crippen molar-refractivity contribution in [2.45, 2.75) is 25.3 Å². The molecule has 0 atom stereocenters. The lowest BCUT2D eigenvalue weighted by Crippen LogP contribution is -2.59. The monoisotopic (exact) mass is 517 g/mol. The number of aryl methyl sites for hydroxylation is 1. The summed E-state index contributed by atoms with van der Waals surface area (Å²) in [5.74, 6) is 0.612. The molecule has 9 nitrogen and oxygen atoms in total. The number of carbonyl (C=O) groups excluding carboxylic acids is 2. The number of ketones is 1. The third-order valence-electron chi connectivity index (χ3n) is 7.01. The number of hydrogen-bond acceptors (Lipinski definition) is 7. The second-order valence-corrected chi connectivity index (χ2v) is 9.78. The van der Waals surface area contributed by atoms with Gasteiger partial charge in [-0.1, -0.05) is 11.6 Å². The van der Waals surface area contributed by atoms with Gasteiger partial charge in [-0.15, -0.1) is 0 Å². The minimum Gasteiger partial charge on any atom is -0.439 e. The van der Waals surface area contributed by atoms with Crippen LogP contribution in [-0.2, 0) is 9.53 Å². The summed E-state index contributed by atoms with van der Waals surface area (Å²) < 4.78 is 11.3. The Morgan fingerprint density at radius 3 is 2.73 bits per heavy atom. The highest BCUT2D eigenvalue weighted by molar-refractivity contribution is 6.36. The fourth-order valence-corrected chi connectivity index (χ4v) is 5.26. The quantitative estimate of drug-likeness (QED) is 0.371. The molecule has 3 aromatic heterocycles. The van der Waals surface area contributed by atoms with E-state index in [9.17, 15) is 9.59 Å². The number of H-pyrrole nitrogens is 1. The van der Waals surface area contributed by atoms with E-state index in [0.29, 0.717) is 71.2 Å². The molecule has 188 valence electrons. The highest BCUT2D eigenvalue weighted by Crippen LogP contribution is 2.43. The molecule has 10 heteroatoms. The van der Waals surface area contributed by atoms with Crippen LogP contribution in [0.15, 0.2) is 48.9 Å². The number of halogens is 1. The molecule has 1 spiro atoms. The van der Waals surface area contributed by atoms with Crippen molar-refractivity contribution in [2.24, 2.45) is 0 Å². The summed E-state index contributed by atoms with van der Waals surface area (Å²) in [6.07, 6.45) is 6.01. The first-order chi connectivity index (χ1) is 17.9. The number of pyridine rings is 2. The topological polar surface area (TPSA) is 109 Å².